The Morgan fingerprint density at radius 1 is 1.00 bits per heavy atom. The minimum Gasteiger partial charge on any atom is -0.465 e. The molecule has 0 bridgehead atoms. The number of ether oxygens (including phenoxy) is 1. The quantitative estimate of drug-likeness (QED) is 0.565. The smallest absolute Gasteiger partial charge is 0.337 e. The third-order valence-corrected chi connectivity index (χ3v) is 6.42. The zero-order chi connectivity index (χ0) is 22.5. The Kier molecular flexibility index (Phi) is 6.56. The van der Waals surface area contributed by atoms with Gasteiger partial charge in [0, 0.05) is 17.8 Å². The fourth-order valence-electron chi connectivity index (χ4n) is 3.53. The maximum absolute atomic E-state index is 12.7. The Labute approximate surface area is 190 Å². The minimum absolute atomic E-state index is 0.0865. The first-order valence-electron chi connectivity index (χ1n) is 10.1. The lowest BCUT2D eigenvalue weighted by Crippen LogP contribution is -2.27. The number of rotatable bonds is 6. The van der Waals surface area contributed by atoms with Gasteiger partial charge in [0.05, 0.1) is 18.4 Å². The van der Waals surface area contributed by atoms with Crippen molar-refractivity contribution in [3.05, 3.63) is 101 Å². The predicted octanol–water partition coefficient (Wildman–Crippen LogP) is 4.50. The zero-order valence-electron chi connectivity index (χ0n) is 17.5. The SMILES string of the molecule is COC(=O)c1cccc(NC(=O)c2ccc([C@H]3SCC(=O)N3Cc3ccccc3)cc2)c1. The van der Waals surface area contributed by atoms with Crippen molar-refractivity contribution in [3.63, 3.8) is 0 Å². The highest BCUT2D eigenvalue weighted by Gasteiger charge is 2.32. The van der Waals surface area contributed by atoms with Crippen LogP contribution >= 0.6 is 11.8 Å². The van der Waals surface area contributed by atoms with Gasteiger partial charge in [0.1, 0.15) is 5.37 Å². The third kappa shape index (κ3) is 4.84. The lowest BCUT2D eigenvalue weighted by Gasteiger charge is -2.24. The number of hydrogen-bond acceptors (Lipinski definition) is 5. The predicted molar refractivity (Wildman–Crippen MR) is 124 cm³/mol. The van der Waals surface area contributed by atoms with Crippen LogP contribution < -0.4 is 5.32 Å². The van der Waals surface area contributed by atoms with Crippen molar-refractivity contribution in [3.8, 4) is 0 Å². The Morgan fingerprint density at radius 3 is 2.47 bits per heavy atom. The molecule has 1 heterocycles. The van der Waals surface area contributed by atoms with E-state index in [1.807, 2.05) is 47.4 Å². The molecule has 162 valence electrons. The van der Waals surface area contributed by atoms with Crippen LogP contribution in [0.5, 0.6) is 0 Å². The maximum atomic E-state index is 12.7. The summed E-state index contributed by atoms with van der Waals surface area (Å²) in [6.45, 7) is 0.552. The van der Waals surface area contributed by atoms with Gasteiger partial charge < -0.3 is 15.0 Å². The van der Waals surface area contributed by atoms with Crippen LogP contribution in [-0.2, 0) is 16.1 Å². The van der Waals surface area contributed by atoms with Crippen molar-refractivity contribution in [1.29, 1.82) is 0 Å². The largest absolute Gasteiger partial charge is 0.465 e. The lowest BCUT2D eigenvalue weighted by atomic mass is 10.1. The van der Waals surface area contributed by atoms with E-state index in [-0.39, 0.29) is 17.2 Å². The van der Waals surface area contributed by atoms with E-state index in [4.69, 9.17) is 4.74 Å². The van der Waals surface area contributed by atoms with Gasteiger partial charge in [0.2, 0.25) is 5.91 Å². The van der Waals surface area contributed by atoms with E-state index in [9.17, 15) is 14.4 Å². The molecule has 7 heteroatoms. The van der Waals surface area contributed by atoms with Gasteiger partial charge in [0.25, 0.3) is 5.91 Å². The van der Waals surface area contributed by atoms with Crippen molar-refractivity contribution >= 4 is 35.2 Å². The van der Waals surface area contributed by atoms with Crippen LogP contribution in [-0.4, -0.2) is 35.5 Å². The number of nitrogens with zero attached hydrogens (tertiary/aromatic N) is 1. The molecule has 1 fully saturated rings. The zero-order valence-corrected chi connectivity index (χ0v) is 18.3. The summed E-state index contributed by atoms with van der Waals surface area (Å²) in [5.41, 5.74) is 3.41. The second kappa shape index (κ2) is 9.70. The van der Waals surface area contributed by atoms with Gasteiger partial charge in [-0.2, -0.15) is 0 Å². The summed E-state index contributed by atoms with van der Waals surface area (Å²) in [5.74, 6) is -0.198. The van der Waals surface area contributed by atoms with E-state index in [0.717, 1.165) is 11.1 Å². The second-order valence-corrected chi connectivity index (χ2v) is 8.39. The standard InChI is InChI=1S/C25H22N2O4S/c1-31-25(30)20-8-5-9-21(14-20)26-23(29)18-10-12-19(13-11-18)24-27(22(28)16-32-24)15-17-6-3-2-4-7-17/h2-14,24H,15-16H2,1H3,(H,26,29)/t24-/m1/s1. The molecule has 0 saturated carbocycles. The van der Waals surface area contributed by atoms with Gasteiger partial charge in [-0.05, 0) is 41.5 Å². The molecular formula is C25H22N2O4S. The monoisotopic (exact) mass is 446 g/mol. The number of benzene rings is 3. The van der Waals surface area contributed by atoms with Gasteiger partial charge in [-0.3, -0.25) is 9.59 Å². The van der Waals surface area contributed by atoms with Crippen molar-refractivity contribution in [2.75, 3.05) is 18.2 Å². The highest BCUT2D eigenvalue weighted by molar-refractivity contribution is 8.00. The number of esters is 1. The van der Waals surface area contributed by atoms with Crippen LogP contribution in [0.2, 0.25) is 0 Å². The van der Waals surface area contributed by atoms with Gasteiger partial charge in [0.15, 0.2) is 0 Å². The normalized spacial score (nSPS) is 15.5. The molecule has 0 unspecified atom stereocenters. The van der Waals surface area contributed by atoms with E-state index in [1.54, 1.807) is 48.2 Å². The van der Waals surface area contributed by atoms with Gasteiger partial charge in [-0.25, -0.2) is 4.79 Å². The number of methoxy groups -OCH3 is 1. The highest BCUT2D eigenvalue weighted by Crippen LogP contribution is 2.39. The Hall–Kier alpha value is -3.58. The molecule has 0 aromatic heterocycles. The molecule has 1 aliphatic rings. The van der Waals surface area contributed by atoms with E-state index in [1.165, 1.54) is 7.11 Å². The Morgan fingerprint density at radius 2 is 1.75 bits per heavy atom. The number of thioether (sulfide) groups is 1. The van der Waals surface area contributed by atoms with Crippen molar-refractivity contribution in [1.82, 2.24) is 4.90 Å². The molecule has 32 heavy (non-hydrogen) atoms. The minimum atomic E-state index is -0.464. The molecule has 0 spiro atoms. The Balaban J connectivity index is 1.46. The number of carbonyl (C=O) groups excluding carboxylic acids is 3. The van der Waals surface area contributed by atoms with Gasteiger partial charge in [-0.1, -0.05) is 48.5 Å². The molecule has 0 radical (unpaired) electrons. The summed E-state index contributed by atoms with van der Waals surface area (Å²) in [6, 6.07) is 23.8. The molecule has 3 aromatic rings. The van der Waals surface area contributed by atoms with Crippen LogP contribution in [0.15, 0.2) is 78.9 Å². The third-order valence-electron chi connectivity index (χ3n) is 5.16. The van der Waals surface area contributed by atoms with Crippen LogP contribution in [0.4, 0.5) is 5.69 Å². The molecule has 1 aliphatic heterocycles. The summed E-state index contributed by atoms with van der Waals surface area (Å²) in [5, 5.41) is 2.71. The van der Waals surface area contributed by atoms with Gasteiger partial charge >= 0.3 is 5.97 Å². The maximum Gasteiger partial charge on any atom is 0.337 e. The van der Waals surface area contributed by atoms with E-state index in [2.05, 4.69) is 5.32 Å². The molecule has 4 rings (SSSR count). The highest BCUT2D eigenvalue weighted by atomic mass is 32.2. The second-order valence-electron chi connectivity index (χ2n) is 7.32. The summed E-state index contributed by atoms with van der Waals surface area (Å²) in [4.78, 5) is 38.7. The Bertz CT molecular complexity index is 1130. The molecule has 1 N–H and O–H groups in total. The summed E-state index contributed by atoms with van der Waals surface area (Å²) in [7, 11) is 1.31. The number of anilines is 1. The van der Waals surface area contributed by atoms with Crippen LogP contribution in [0, 0.1) is 0 Å². The summed E-state index contributed by atoms with van der Waals surface area (Å²) < 4.78 is 4.71. The van der Waals surface area contributed by atoms with Crippen molar-refractivity contribution in [2.45, 2.75) is 11.9 Å². The molecular weight excluding hydrogens is 424 g/mol. The summed E-state index contributed by atoms with van der Waals surface area (Å²) >= 11 is 1.59. The first kappa shape index (κ1) is 21.6. The average molecular weight is 447 g/mol. The molecule has 1 saturated heterocycles. The first-order chi connectivity index (χ1) is 15.5. The number of carbonyl (C=O) groups is 3. The van der Waals surface area contributed by atoms with E-state index >= 15 is 0 Å². The van der Waals surface area contributed by atoms with Crippen LogP contribution in [0.1, 0.15) is 37.2 Å². The van der Waals surface area contributed by atoms with Crippen LogP contribution in [0.3, 0.4) is 0 Å². The summed E-state index contributed by atoms with van der Waals surface area (Å²) in [6.07, 6.45) is 0. The molecule has 3 aromatic carbocycles. The van der Waals surface area contributed by atoms with E-state index < -0.39 is 5.97 Å². The van der Waals surface area contributed by atoms with Crippen molar-refractivity contribution < 1.29 is 19.1 Å². The fourth-order valence-corrected chi connectivity index (χ4v) is 4.71. The van der Waals surface area contributed by atoms with Crippen molar-refractivity contribution in [2.24, 2.45) is 0 Å². The van der Waals surface area contributed by atoms with Gasteiger partial charge in [-0.15, -0.1) is 11.8 Å². The molecule has 0 aliphatic carbocycles. The average Bonchev–Trinajstić information content (AvgIpc) is 3.19. The number of amides is 2. The topological polar surface area (TPSA) is 75.7 Å². The van der Waals surface area contributed by atoms with E-state index in [0.29, 0.717) is 29.1 Å². The number of hydrogen-bond donors (Lipinski definition) is 1. The molecule has 2 amide bonds. The van der Waals surface area contributed by atoms with Crippen LogP contribution in [0.25, 0.3) is 0 Å². The first-order valence-corrected chi connectivity index (χ1v) is 11.1. The molecule has 1 atom stereocenters. The molecule has 6 nitrogen and oxygen atoms in total. The lowest BCUT2D eigenvalue weighted by molar-refractivity contribution is -0.128. The fraction of sp³-hybridized carbons (Fsp3) is 0.160. The number of nitrogens with one attached hydrogen (secondary N) is 1.